The molecule has 82 valence electrons. The van der Waals surface area contributed by atoms with Crippen molar-refractivity contribution in [1.29, 1.82) is 0 Å². The second-order valence-corrected chi connectivity index (χ2v) is 3.36. The molecule has 1 amide bonds. The van der Waals surface area contributed by atoms with Gasteiger partial charge in [0, 0.05) is 29.6 Å². The number of hydrogen-bond donors (Lipinski definition) is 1. The number of unbranched alkanes of at least 4 members (excludes halogenated alkanes) is 2. The van der Waals surface area contributed by atoms with Crippen molar-refractivity contribution >= 4 is 17.9 Å². The van der Waals surface area contributed by atoms with Crippen LogP contribution in [0.3, 0.4) is 0 Å². The molecule has 0 saturated heterocycles. The summed E-state index contributed by atoms with van der Waals surface area (Å²) in [7, 11) is 0. The zero-order chi connectivity index (χ0) is 9.40. The molecule has 0 N–H and O–H groups in total. The summed E-state index contributed by atoms with van der Waals surface area (Å²) in [5.74, 6) is 0. The van der Waals surface area contributed by atoms with Crippen molar-refractivity contribution < 1.29 is 21.3 Å². The van der Waals surface area contributed by atoms with Crippen molar-refractivity contribution in [2.45, 2.75) is 39.5 Å². The van der Waals surface area contributed by atoms with Crippen LogP contribution in [0.5, 0.6) is 0 Å². The van der Waals surface area contributed by atoms with Crippen molar-refractivity contribution in [2.75, 3.05) is 13.1 Å². The zero-order valence-corrected chi connectivity index (χ0v) is 10.2. The zero-order valence-electron chi connectivity index (χ0n) is 8.36. The third-order valence-electron chi connectivity index (χ3n) is 1.83. The van der Waals surface area contributed by atoms with Crippen LogP contribution in [-0.2, 0) is 16.5 Å². The summed E-state index contributed by atoms with van der Waals surface area (Å²) in [5.41, 5.74) is 0. The van der Waals surface area contributed by atoms with Gasteiger partial charge in [-0.25, -0.2) is 0 Å². The Kier molecular flexibility index (Phi) is 12.6. The number of rotatable bonds is 6. The van der Waals surface area contributed by atoms with Gasteiger partial charge < -0.3 is 4.90 Å². The normalized spacial score (nSPS) is 9.15. The van der Waals surface area contributed by atoms with E-state index in [4.69, 9.17) is 0 Å². The van der Waals surface area contributed by atoms with E-state index in [0.29, 0.717) is 0 Å². The van der Waals surface area contributed by atoms with Gasteiger partial charge in [0.2, 0.25) is 0 Å². The van der Waals surface area contributed by atoms with E-state index >= 15 is 0 Å². The van der Waals surface area contributed by atoms with Crippen molar-refractivity contribution in [1.82, 2.24) is 4.90 Å². The maximum absolute atomic E-state index is 10.9. The molecule has 0 aromatic heterocycles. The van der Waals surface area contributed by atoms with E-state index in [2.05, 4.69) is 26.5 Å². The second-order valence-electron chi connectivity index (χ2n) is 2.98. The molecule has 0 aliphatic heterocycles. The van der Waals surface area contributed by atoms with Crippen LogP contribution in [0.25, 0.3) is 0 Å². The van der Waals surface area contributed by atoms with E-state index in [0.717, 1.165) is 38.8 Å². The van der Waals surface area contributed by atoms with E-state index < -0.39 is 0 Å². The summed E-state index contributed by atoms with van der Waals surface area (Å²) >= 11 is 3.83. The van der Waals surface area contributed by atoms with Crippen molar-refractivity contribution in [2.24, 2.45) is 0 Å². The molecule has 4 heteroatoms. The SMILES string of the molecule is CCCCN(CCCC)C(=O)S.[Ni]. The molecule has 0 aromatic carbocycles. The van der Waals surface area contributed by atoms with E-state index in [1.807, 2.05) is 4.90 Å². The quantitative estimate of drug-likeness (QED) is 0.566. The Morgan fingerprint density at radius 3 is 1.77 bits per heavy atom. The number of amides is 1. The van der Waals surface area contributed by atoms with Gasteiger partial charge in [-0.2, -0.15) is 0 Å². The third kappa shape index (κ3) is 8.64. The van der Waals surface area contributed by atoms with Gasteiger partial charge in [-0.3, -0.25) is 4.79 Å². The number of carbonyl (C=O) groups excluding carboxylic acids is 1. The molecular weight excluding hydrogens is 229 g/mol. The maximum atomic E-state index is 10.9. The van der Waals surface area contributed by atoms with Crippen molar-refractivity contribution in [3.05, 3.63) is 0 Å². The average Bonchev–Trinajstić information content (AvgIpc) is 2.04. The summed E-state index contributed by atoms with van der Waals surface area (Å²) in [5, 5.41) is -0.0862. The first kappa shape index (κ1) is 15.8. The molecule has 0 fully saturated rings. The summed E-state index contributed by atoms with van der Waals surface area (Å²) in [6.45, 7) is 5.97. The minimum atomic E-state index is -0.0862. The molecule has 0 spiro atoms. The van der Waals surface area contributed by atoms with Crippen LogP contribution in [0.1, 0.15) is 39.5 Å². The van der Waals surface area contributed by atoms with Gasteiger partial charge in [0.25, 0.3) is 5.24 Å². The summed E-state index contributed by atoms with van der Waals surface area (Å²) in [6.07, 6.45) is 4.42. The van der Waals surface area contributed by atoms with Gasteiger partial charge in [-0.05, 0) is 12.8 Å². The van der Waals surface area contributed by atoms with Crippen molar-refractivity contribution in [3.63, 3.8) is 0 Å². The standard InChI is InChI=1S/C9H19NOS.Ni/c1-3-5-7-10(9(11)12)8-6-4-2;/h3-8H2,1-2H3,(H,11,12);. The Hall–Kier alpha value is 0.314. The van der Waals surface area contributed by atoms with Crippen LogP contribution in [0.15, 0.2) is 0 Å². The fourth-order valence-corrected chi connectivity index (χ4v) is 1.20. The first-order chi connectivity index (χ1) is 5.72. The summed E-state index contributed by atoms with van der Waals surface area (Å²) in [6, 6.07) is 0. The molecule has 0 unspecified atom stereocenters. The molecule has 0 aliphatic carbocycles. The molecule has 0 heterocycles. The van der Waals surface area contributed by atoms with E-state index in [1.54, 1.807) is 0 Å². The first-order valence-electron chi connectivity index (χ1n) is 4.70. The minimum Gasteiger partial charge on any atom is -0.334 e. The average molecular weight is 248 g/mol. The molecule has 2 nitrogen and oxygen atoms in total. The Labute approximate surface area is 96.8 Å². The van der Waals surface area contributed by atoms with Crippen molar-refractivity contribution in [3.8, 4) is 0 Å². The second kappa shape index (κ2) is 10.4. The number of carbonyl (C=O) groups is 1. The molecule has 0 saturated carbocycles. The monoisotopic (exact) mass is 247 g/mol. The van der Waals surface area contributed by atoms with E-state index in [9.17, 15) is 4.79 Å². The summed E-state index contributed by atoms with van der Waals surface area (Å²) < 4.78 is 0. The summed E-state index contributed by atoms with van der Waals surface area (Å²) in [4.78, 5) is 12.8. The predicted molar refractivity (Wildman–Crippen MR) is 55.8 cm³/mol. The molecule has 13 heavy (non-hydrogen) atoms. The number of thiol groups is 1. The largest absolute Gasteiger partial charge is 0.334 e. The predicted octanol–water partition coefficient (Wildman–Crippen LogP) is 2.94. The van der Waals surface area contributed by atoms with Gasteiger partial charge in [-0.15, -0.1) is 0 Å². The van der Waals surface area contributed by atoms with Crippen LogP contribution < -0.4 is 0 Å². The van der Waals surface area contributed by atoms with Gasteiger partial charge in [-0.1, -0.05) is 39.3 Å². The van der Waals surface area contributed by atoms with Gasteiger partial charge >= 0.3 is 0 Å². The number of nitrogens with zero attached hydrogens (tertiary/aromatic N) is 1. The van der Waals surface area contributed by atoms with E-state index in [-0.39, 0.29) is 21.7 Å². The minimum absolute atomic E-state index is 0. The molecule has 0 radical (unpaired) electrons. The topological polar surface area (TPSA) is 20.3 Å². The van der Waals surface area contributed by atoms with E-state index in [1.165, 1.54) is 0 Å². The Morgan fingerprint density at radius 2 is 1.54 bits per heavy atom. The number of hydrogen-bond acceptors (Lipinski definition) is 1. The molecular formula is C9H19NNiOS. The Balaban J connectivity index is 0. The molecule has 0 aliphatic rings. The van der Waals surface area contributed by atoms with Gasteiger partial charge in [0.05, 0.1) is 0 Å². The third-order valence-corrected chi connectivity index (χ3v) is 2.12. The Bertz CT molecular complexity index is 125. The van der Waals surface area contributed by atoms with Gasteiger partial charge in [0.1, 0.15) is 0 Å². The fourth-order valence-electron chi connectivity index (χ4n) is 1.00. The van der Waals surface area contributed by atoms with Crippen LogP contribution in [0.4, 0.5) is 4.79 Å². The fraction of sp³-hybridized carbons (Fsp3) is 0.889. The first-order valence-corrected chi connectivity index (χ1v) is 5.15. The smallest absolute Gasteiger partial charge is 0.278 e. The molecule has 0 rings (SSSR count). The van der Waals surface area contributed by atoms with Crippen LogP contribution in [0.2, 0.25) is 0 Å². The van der Waals surface area contributed by atoms with Crippen LogP contribution in [0, 0.1) is 0 Å². The molecule has 0 atom stereocenters. The maximum Gasteiger partial charge on any atom is 0.278 e. The Morgan fingerprint density at radius 1 is 1.15 bits per heavy atom. The van der Waals surface area contributed by atoms with Crippen LogP contribution in [-0.4, -0.2) is 23.2 Å². The van der Waals surface area contributed by atoms with Gasteiger partial charge in [0.15, 0.2) is 0 Å². The molecule has 0 aromatic rings. The van der Waals surface area contributed by atoms with Crippen LogP contribution >= 0.6 is 12.6 Å². The molecule has 0 bridgehead atoms.